The smallest absolute Gasteiger partial charge is 0.182 e. The molecule has 1 rings (SSSR count). The van der Waals surface area contributed by atoms with Crippen LogP contribution in [0.5, 0.6) is 0 Å². The number of hydrogen-bond acceptors (Lipinski definition) is 2. The van der Waals surface area contributed by atoms with E-state index in [0.717, 1.165) is 5.69 Å². The first-order valence-electron chi connectivity index (χ1n) is 5.23. The van der Waals surface area contributed by atoms with Crippen LogP contribution >= 0.6 is 24.4 Å². The Balaban J connectivity index is 3.12. The standard InChI is InChI=1S/C12H17N3S2/c1-13(2)11(16)15(12(17)14(3)4)10-8-6-5-7-9-10/h5-9H,1-4H3. The molecule has 3 nitrogen and oxygen atoms in total. The number of anilines is 1. The molecule has 0 heterocycles. The molecule has 0 aromatic heterocycles. The molecular formula is C12H17N3S2. The van der Waals surface area contributed by atoms with Crippen molar-refractivity contribution >= 4 is 40.3 Å². The number of hydrogen-bond donors (Lipinski definition) is 0. The monoisotopic (exact) mass is 267 g/mol. The fourth-order valence-electron chi connectivity index (χ4n) is 1.28. The maximum Gasteiger partial charge on any atom is 0.182 e. The molecule has 0 bridgehead atoms. The van der Waals surface area contributed by atoms with Crippen molar-refractivity contribution in [3.8, 4) is 0 Å². The molecule has 0 amide bonds. The SMILES string of the molecule is CN(C)C(=S)N(C(=S)N(C)C)c1ccccc1. The average molecular weight is 267 g/mol. The molecule has 1 aromatic rings. The minimum absolute atomic E-state index is 0.676. The van der Waals surface area contributed by atoms with Crippen LogP contribution in [0.4, 0.5) is 5.69 Å². The highest BCUT2D eigenvalue weighted by Gasteiger charge is 2.19. The van der Waals surface area contributed by atoms with Gasteiger partial charge in [0.15, 0.2) is 10.2 Å². The summed E-state index contributed by atoms with van der Waals surface area (Å²) in [4.78, 5) is 5.63. The van der Waals surface area contributed by atoms with E-state index in [9.17, 15) is 0 Å². The Kier molecular flexibility index (Phi) is 4.84. The highest BCUT2D eigenvalue weighted by molar-refractivity contribution is 7.82. The fourth-order valence-corrected chi connectivity index (χ4v) is 1.72. The Morgan fingerprint density at radius 3 is 1.59 bits per heavy atom. The maximum absolute atomic E-state index is 5.41. The Hall–Kier alpha value is -1.20. The maximum atomic E-state index is 5.41. The van der Waals surface area contributed by atoms with Gasteiger partial charge >= 0.3 is 0 Å². The minimum atomic E-state index is 0.676. The van der Waals surface area contributed by atoms with E-state index in [1.165, 1.54) is 0 Å². The average Bonchev–Trinajstić information content (AvgIpc) is 2.30. The van der Waals surface area contributed by atoms with Gasteiger partial charge in [-0.05, 0) is 36.6 Å². The molecule has 0 radical (unpaired) electrons. The van der Waals surface area contributed by atoms with Crippen molar-refractivity contribution < 1.29 is 0 Å². The second-order valence-corrected chi connectivity index (χ2v) is 4.76. The number of para-hydroxylation sites is 1. The van der Waals surface area contributed by atoms with E-state index in [-0.39, 0.29) is 0 Å². The number of rotatable bonds is 1. The summed E-state index contributed by atoms with van der Waals surface area (Å²) in [7, 11) is 7.65. The lowest BCUT2D eigenvalue weighted by Gasteiger charge is -2.32. The predicted octanol–water partition coefficient (Wildman–Crippen LogP) is 2.19. The molecule has 17 heavy (non-hydrogen) atoms. The van der Waals surface area contributed by atoms with Gasteiger partial charge in [0.25, 0.3) is 0 Å². The van der Waals surface area contributed by atoms with Gasteiger partial charge in [-0.1, -0.05) is 18.2 Å². The molecule has 0 spiro atoms. The molecule has 0 N–H and O–H groups in total. The zero-order chi connectivity index (χ0) is 13.0. The van der Waals surface area contributed by atoms with E-state index < -0.39 is 0 Å². The van der Waals surface area contributed by atoms with Gasteiger partial charge in [-0.25, -0.2) is 0 Å². The van der Waals surface area contributed by atoms with Crippen molar-refractivity contribution in [2.45, 2.75) is 0 Å². The van der Waals surface area contributed by atoms with E-state index in [2.05, 4.69) is 0 Å². The zero-order valence-electron chi connectivity index (χ0n) is 10.5. The molecule has 92 valence electrons. The third kappa shape index (κ3) is 3.38. The second kappa shape index (κ2) is 5.93. The van der Waals surface area contributed by atoms with E-state index in [1.807, 2.05) is 73.2 Å². The molecule has 0 saturated heterocycles. The van der Waals surface area contributed by atoms with Crippen molar-refractivity contribution in [2.24, 2.45) is 0 Å². The normalized spacial score (nSPS) is 9.65. The topological polar surface area (TPSA) is 9.72 Å². The first-order chi connectivity index (χ1) is 7.95. The Morgan fingerprint density at radius 1 is 0.824 bits per heavy atom. The summed E-state index contributed by atoms with van der Waals surface area (Å²) in [5.41, 5.74) is 0.977. The van der Waals surface area contributed by atoms with Crippen LogP contribution in [-0.2, 0) is 0 Å². The zero-order valence-corrected chi connectivity index (χ0v) is 12.2. The van der Waals surface area contributed by atoms with Gasteiger partial charge in [-0.15, -0.1) is 0 Å². The van der Waals surface area contributed by atoms with Gasteiger partial charge in [0.2, 0.25) is 0 Å². The molecule has 0 unspecified atom stereocenters. The van der Waals surface area contributed by atoms with Crippen molar-refractivity contribution in [3.05, 3.63) is 30.3 Å². The summed E-state index contributed by atoms with van der Waals surface area (Å²) < 4.78 is 0. The summed E-state index contributed by atoms with van der Waals surface area (Å²) in [5, 5.41) is 1.35. The molecule has 0 atom stereocenters. The van der Waals surface area contributed by atoms with Crippen LogP contribution in [0, 0.1) is 0 Å². The molecule has 0 saturated carbocycles. The van der Waals surface area contributed by atoms with Gasteiger partial charge in [-0.3, -0.25) is 4.90 Å². The lowest BCUT2D eigenvalue weighted by atomic mass is 10.3. The molecule has 0 aliphatic carbocycles. The highest BCUT2D eigenvalue weighted by atomic mass is 32.1. The van der Waals surface area contributed by atoms with E-state index in [4.69, 9.17) is 24.4 Å². The lowest BCUT2D eigenvalue weighted by Crippen LogP contribution is -2.47. The van der Waals surface area contributed by atoms with Crippen molar-refractivity contribution in [1.29, 1.82) is 0 Å². The largest absolute Gasteiger partial charge is 0.355 e. The summed E-state index contributed by atoms with van der Waals surface area (Å²) >= 11 is 10.8. The quantitative estimate of drug-likeness (QED) is 0.719. The van der Waals surface area contributed by atoms with Crippen molar-refractivity contribution in [2.75, 3.05) is 33.1 Å². The Morgan fingerprint density at radius 2 is 1.24 bits per heavy atom. The molecule has 0 fully saturated rings. The molecular weight excluding hydrogens is 250 g/mol. The van der Waals surface area contributed by atoms with E-state index >= 15 is 0 Å². The highest BCUT2D eigenvalue weighted by Crippen LogP contribution is 2.16. The summed E-state index contributed by atoms with van der Waals surface area (Å²) in [6, 6.07) is 9.90. The van der Waals surface area contributed by atoms with Crippen molar-refractivity contribution in [1.82, 2.24) is 9.80 Å². The van der Waals surface area contributed by atoms with Crippen LogP contribution < -0.4 is 4.90 Å². The van der Waals surface area contributed by atoms with Crippen molar-refractivity contribution in [3.63, 3.8) is 0 Å². The van der Waals surface area contributed by atoms with Gasteiger partial charge in [0, 0.05) is 28.2 Å². The lowest BCUT2D eigenvalue weighted by molar-refractivity contribution is 0.603. The van der Waals surface area contributed by atoms with Gasteiger partial charge in [0.1, 0.15) is 0 Å². The molecule has 0 aliphatic heterocycles. The molecule has 0 aliphatic rings. The van der Waals surface area contributed by atoms with Crippen LogP contribution in [0.25, 0.3) is 0 Å². The van der Waals surface area contributed by atoms with Crippen LogP contribution in [0.2, 0.25) is 0 Å². The fraction of sp³-hybridized carbons (Fsp3) is 0.333. The minimum Gasteiger partial charge on any atom is -0.355 e. The summed E-state index contributed by atoms with van der Waals surface area (Å²) in [6.07, 6.45) is 0. The van der Waals surface area contributed by atoms with Crippen LogP contribution in [0.15, 0.2) is 30.3 Å². The van der Waals surface area contributed by atoms with Crippen LogP contribution in [0.3, 0.4) is 0 Å². The van der Waals surface area contributed by atoms with E-state index in [0.29, 0.717) is 10.2 Å². The van der Waals surface area contributed by atoms with Gasteiger partial charge in [0.05, 0.1) is 5.69 Å². The van der Waals surface area contributed by atoms with Gasteiger partial charge in [-0.2, -0.15) is 0 Å². The first kappa shape index (κ1) is 13.9. The molecule has 1 aromatic carbocycles. The van der Waals surface area contributed by atoms with Crippen LogP contribution in [0.1, 0.15) is 0 Å². The van der Waals surface area contributed by atoms with Crippen LogP contribution in [-0.4, -0.2) is 48.2 Å². The third-order valence-electron chi connectivity index (χ3n) is 2.16. The second-order valence-electron chi connectivity index (χ2n) is 4.02. The molecule has 5 heteroatoms. The number of nitrogens with zero attached hydrogens (tertiary/aromatic N) is 3. The van der Waals surface area contributed by atoms with Gasteiger partial charge < -0.3 is 9.80 Å². The Bertz CT molecular complexity index is 381. The van der Waals surface area contributed by atoms with E-state index in [1.54, 1.807) is 0 Å². The number of thiocarbonyl (C=S) groups is 2. The predicted molar refractivity (Wildman–Crippen MR) is 81.5 cm³/mol. The summed E-state index contributed by atoms with van der Waals surface area (Å²) in [5.74, 6) is 0. The number of benzene rings is 1. The first-order valence-corrected chi connectivity index (χ1v) is 6.04. The summed E-state index contributed by atoms with van der Waals surface area (Å²) in [6.45, 7) is 0. The third-order valence-corrected chi connectivity index (χ3v) is 3.26. The Labute approximate surface area is 114 Å².